The van der Waals surface area contributed by atoms with E-state index in [2.05, 4.69) is 0 Å². The van der Waals surface area contributed by atoms with Crippen LogP contribution >= 0.6 is 0 Å². The van der Waals surface area contributed by atoms with Gasteiger partial charge in [-0.05, 0) is 25.7 Å². The van der Waals surface area contributed by atoms with Crippen LogP contribution in [0, 0.1) is 11.3 Å². The van der Waals surface area contributed by atoms with Gasteiger partial charge in [0.15, 0.2) is 5.78 Å². The predicted molar refractivity (Wildman–Crippen MR) is 55.5 cm³/mol. The molecule has 2 rings (SSSR count). The fourth-order valence-electron chi connectivity index (χ4n) is 3.12. The van der Waals surface area contributed by atoms with Crippen molar-refractivity contribution in [3.05, 3.63) is 0 Å². The van der Waals surface area contributed by atoms with Crippen molar-refractivity contribution in [3.63, 3.8) is 0 Å². The fraction of sp³-hybridized carbons (Fsp3) is 0.833. The summed E-state index contributed by atoms with van der Waals surface area (Å²) in [6, 6.07) is 0. The normalized spacial score (nSPS) is 25.6. The summed E-state index contributed by atoms with van der Waals surface area (Å²) in [4.78, 5) is 23.5. The molecule has 0 radical (unpaired) electrons. The number of ketones is 1. The molecule has 0 aromatic carbocycles. The Kier molecular flexibility index (Phi) is 2.81. The lowest BCUT2D eigenvalue weighted by Gasteiger charge is -2.25. The minimum absolute atomic E-state index is 0.0324. The lowest BCUT2D eigenvalue weighted by Crippen LogP contribution is -2.40. The van der Waals surface area contributed by atoms with Gasteiger partial charge in [0.25, 0.3) is 0 Å². The van der Waals surface area contributed by atoms with Crippen LogP contribution in [0.4, 0.5) is 0 Å². The first kappa shape index (κ1) is 10.7. The van der Waals surface area contributed by atoms with Crippen molar-refractivity contribution in [2.75, 3.05) is 0 Å². The molecular weight excluding hydrogens is 192 g/mol. The number of hydrogen-bond acceptors (Lipinski definition) is 2. The molecule has 2 aliphatic carbocycles. The molecule has 1 N–H and O–H groups in total. The molecule has 2 aliphatic rings. The molecular formula is C12H18O3. The van der Waals surface area contributed by atoms with Gasteiger partial charge < -0.3 is 5.11 Å². The van der Waals surface area contributed by atoms with E-state index in [-0.39, 0.29) is 11.7 Å². The van der Waals surface area contributed by atoms with Crippen LogP contribution in [0.15, 0.2) is 0 Å². The van der Waals surface area contributed by atoms with Crippen molar-refractivity contribution in [2.24, 2.45) is 11.3 Å². The van der Waals surface area contributed by atoms with E-state index in [4.69, 9.17) is 0 Å². The van der Waals surface area contributed by atoms with E-state index in [1.165, 1.54) is 0 Å². The van der Waals surface area contributed by atoms with Gasteiger partial charge >= 0.3 is 5.97 Å². The molecule has 0 unspecified atom stereocenters. The van der Waals surface area contributed by atoms with Crippen molar-refractivity contribution in [1.29, 1.82) is 0 Å². The lowest BCUT2D eigenvalue weighted by molar-refractivity contribution is -0.156. The first-order valence-electron chi connectivity index (χ1n) is 5.94. The van der Waals surface area contributed by atoms with Gasteiger partial charge in [0.2, 0.25) is 0 Å². The van der Waals surface area contributed by atoms with Gasteiger partial charge in [0, 0.05) is 5.92 Å². The van der Waals surface area contributed by atoms with Crippen molar-refractivity contribution < 1.29 is 14.7 Å². The van der Waals surface area contributed by atoms with Gasteiger partial charge in [-0.25, -0.2) is 0 Å². The van der Waals surface area contributed by atoms with Crippen LogP contribution in [-0.2, 0) is 9.59 Å². The number of rotatable bonds is 3. The second-order valence-electron chi connectivity index (χ2n) is 4.94. The molecule has 0 aromatic heterocycles. The minimum atomic E-state index is -1.00. The number of carbonyl (C=O) groups excluding carboxylic acids is 1. The molecule has 0 aromatic rings. The van der Waals surface area contributed by atoms with Gasteiger partial charge in [-0.2, -0.15) is 0 Å². The lowest BCUT2D eigenvalue weighted by atomic mass is 9.76. The Morgan fingerprint density at radius 3 is 2.00 bits per heavy atom. The predicted octanol–water partition coefficient (Wildman–Crippen LogP) is 2.39. The zero-order valence-corrected chi connectivity index (χ0v) is 9.00. The SMILES string of the molecule is O=C(O)C1(C(=O)C2CCCC2)CCCC1. The number of Topliss-reactive ketones (excluding diaryl/α,β-unsaturated/α-hetero) is 1. The van der Waals surface area contributed by atoms with E-state index in [9.17, 15) is 14.7 Å². The summed E-state index contributed by atoms with van der Waals surface area (Å²) in [5.74, 6) is -0.805. The molecule has 2 fully saturated rings. The first-order chi connectivity index (χ1) is 7.17. The van der Waals surface area contributed by atoms with E-state index < -0.39 is 11.4 Å². The molecule has 0 amide bonds. The molecule has 15 heavy (non-hydrogen) atoms. The Morgan fingerprint density at radius 2 is 1.53 bits per heavy atom. The Labute approximate surface area is 89.9 Å². The van der Waals surface area contributed by atoms with E-state index in [1.807, 2.05) is 0 Å². The van der Waals surface area contributed by atoms with Gasteiger partial charge in [-0.15, -0.1) is 0 Å². The third-order valence-corrected chi connectivity index (χ3v) is 4.06. The van der Waals surface area contributed by atoms with Gasteiger partial charge in [0.1, 0.15) is 5.41 Å². The molecule has 0 atom stereocenters. The maximum absolute atomic E-state index is 12.2. The van der Waals surface area contributed by atoms with Gasteiger partial charge in [0.05, 0.1) is 0 Å². The Hall–Kier alpha value is -0.860. The highest BCUT2D eigenvalue weighted by Crippen LogP contribution is 2.43. The summed E-state index contributed by atoms with van der Waals surface area (Å²) >= 11 is 0. The Balaban J connectivity index is 2.17. The summed E-state index contributed by atoms with van der Waals surface area (Å²) in [5.41, 5.74) is -1.00. The number of carboxylic acid groups (broad SMARTS) is 1. The quantitative estimate of drug-likeness (QED) is 0.728. The molecule has 3 nitrogen and oxygen atoms in total. The average Bonchev–Trinajstić information content (AvgIpc) is 2.89. The van der Waals surface area contributed by atoms with Crippen LogP contribution in [0.2, 0.25) is 0 Å². The topological polar surface area (TPSA) is 54.4 Å². The Morgan fingerprint density at radius 1 is 1.00 bits per heavy atom. The van der Waals surface area contributed by atoms with Gasteiger partial charge in [-0.3, -0.25) is 9.59 Å². The molecule has 84 valence electrons. The zero-order valence-electron chi connectivity index (χ0n) is 9.00. The summed E-state index contributed by atoms with van der Waals surface area (Å²) in [6.07, 6.45) is 6.92. The van der Waals surface area contributed by atoms with Crippen LogP contribution in [0.25, 0.3) is 0 Å². The summed E-state index contributed by atoms with van der Waals surface area (Å²) in [7, 11) is 0. The van der Waals surface area contributed by atoms with Crippen LogP contribution in [-0.4, -0.2) is 16.9 Å². The summed E-state index contributed by atoms with van der Waals surface area (Å²) in [5, 5.41) is 9.27. The maximum atomic E-state index is 12.2. The molecule has 0 aliphatic heterocycles. The number of carboxylic acids is 1. The summed E-state index contributed by atoms with van der Waals surface area (Å²) in [6.45, 7) is 0. The van der Waals surface area contributed by atoms with Crippen LogP contribution in [0.1, 0.15) is 51.4 Å². The van der Waals surface area contributed by atoms with E-state index >= 15 is 0 Å². The van der Waals surface area contributed by atoms with Crippen molar-refractivity contribution >= 4 is 11.8 Å². The van der Waals surface area contributed by atoms with E-state index in [0.717, 1.165) is 38.5 Å². The van der Waals surface area contributed by atoms with Crippen molar-refractivity contribution in [2.45, 2.75) is 51.4 Å². The number of hydrogen-bond donors (Lipinski definition) is 1. The molecule has 2 saturated carbocycles. The van der Waals surface area contributed by atoms with Gasteiger partial charge in [-0.1, -0.05) is 25.7 Å². The van der Waals surface area contributed by atoms with E-state index in [0.29, 0.717) is 12.8 Å². The van der Waals surface area contributed by atoms with Crippen LogP contribution < -0.4 is 0 Å². The number of carbonyl (C=O) groups is 2. The van der Waals surface area contributed by atoms with E-state index in [1.54, 1.807) is 0 Å². The second-order valence-corrected chi connectivity index (χ2v) is 4.94. The standard InChI is InChI=1S/C12H18O3/c13-10(9-5-1-2-6-9)12(11(14)15)7-3-4-8-12/h9H,1-8H2,(H,14,15). The maximum Gasteiger partial charge on any atom is 0.317 e. The first-order valence-corrected chi connectivity index (χ1v) is 5.94. The van der Waals surface area contributed by atoms with Crippen molar-refractivity contribution in [1.82, 2.24) is 0 Å². The third kappa shape index (κ3) is 1.68. The third-order valence-electron chi connectivity index (χ3n) is 4.06. The number of aliphatic carboxylic acids is 1. The van der Waals surface area contributed by atoms with Crippen LogP contribution in [0.3, 0.4) is 0 Å². The van der Waals surface area contributed by atoms with Crippen molar-refractivity contribution in [3.8, 4) is 0 Å². The molecule has 3 heteroatoms. The Bertz CT molecular complexity index is 271. The molecule has 0 heterocycles. The molecule has 0 bridgehead atoms. The minimum Gasteiger partial charge on any atom is -0.480 e. The molecule has 0 saturated heterocycles. The average molecular weight is 210 g/mol. The smallest absolute Gasteiger partial charge is 0.317 e. The molecule has 0 spiro atoms. The highest BCUT2D eigenvalue weighted by Gasteiger charge is 2.50. The second kappa shape index (κ2) is 3.95. The highest BCUT2D eigenvalue weighted by molar-refractivity contribution is 6.04. The summed E-state index contributed by atoms with van der Waals surface area (Å²) < 4.78 is 0. The largest absolute Gasteiger partial charge is 0.480 e. The monoisotopic (exact) mass is 210 g/mol. The van der Waals surface area contributed by atoms with Crippen LogP contribution in [0.5, 0.6) is 0 Å². The fourth-order valence-corrected chi connectivity index (χ4v) is 3.12. The zero-order chi connectivity index (χ0) is 10.9. The highest BCUT2D eigenvalue weighted by atomic mass is 16.4.